The van der Waals surface area contributed by atoms with Crippen LogP contribution in [0.25, 0.3) is 5.69 Å². The molecule has 0 fully saturated rings. The molecule has 0 saturated carbocycles. The van der Waals surface area contributed by atoms with Crippen molar-refractivity contribution < 1.29 is 17.5 Å². The predicted molar refractivity (Wildman–Crippen MR) is 77.2 cm³/mol. The Morgan fingerprint density at radius 1 is 1.29 bits per heavy atom. The van der Waals surface area contributed by atoms with E-state index in [-0.39, 0.29) is 0 Å². The van der Waals surface area contributed by atoms with Crippen molar-refractivity contribution in [2.45, 2.75) is 25.2 Å². The summed E-state index contributed by atoms with van der Waals surface area (Å²) in [5.41, 5.74) is 2.29. The van der Waals surface area contributed by atoms with Crippen LogP contribution in [0.1, 0.15) is 23.4 Å². The first-order valence-electron chi connectivity index (χ1n) is 6.14. The molecule has 116 valence electrons. The fourth-order valence-corrected chi connectivity index (χ4v) is 3.22. The maximum atomic E-state index is 12.6. The maximum absolute atomic E-state index is 12.6. The summed E-state index contributed by atoms with van der Waals surface area (Å²) in [4.78, 5) is 4.21. The van der Waals surface area contributed by atoms with Gasteiger partial charge in [-0.1, -0.05) is 6.07 Å². The molecule has 1 atom stereocenters. The molecule has 1 aromatic heterocycles. The Morgan fingerprint density at radius 2 is 1.95 bits per heavy atom. The van der Waals surface area contributed by atoms with Crippen molar-refractivity contribution in [3.63, 3.8) is 0 Å². The summed E-state index contributed by atoms with van der Waals surface area (Å²) < 4.78 is 41.9. The van der Waals surface area contributed by atoms with Gasteiger partial charge in [0.15, 0.2) is 0 Å². The van der Waals surface area contributed by atoms with Gasteiger partial charge in [-0.2, -0.15) is 10.6 Å². The first-order chi connectivity index (χ1) is 9.76. The number of aryl methyl sites for hydroxylation is 2. The number of aromatic nitrogens is 3. The van der Waals surface area contributed by atoms with E-state index in [0.29, 0.717) is 10.6 Å². The number of hydrogen-bond acceptors (Lipinski definition) is 4. The highest BCUT2D eigenvalue weighted by Crippen LogP contribution is 2.51. The molecule has 1 aromatic carbocycles. The molecule has 1 heterocycles. The minimum Gasteiger partial charge on any atom is -0.295 e. The first-order valence-corrected chi connectivity index (χ1v) is 8.06. The monoisotopic (exact) mass is 317 g/mol. The van der Waals surface area contributed by atoms with Gasteiger partial charge in [0.05, 0.1) is 17.7 Å². The maximum Gasteiger partial charge on any atom is 0.299 e. The molecule has 0 spiro atoms. The van der Waals surface area contributed by atoms with Gasteiger partial charge in [-0.15, -0.1) is 5.10 Å². The normalized spacial score (nSPS) is 16.0. The molecule has 0 radical (unpaired) electrons. The van der Waals surface area contributed by atoms with Crippen LogP contribution in [0.2, 0.25) is 0 Å². The van der Waals surface area contributed by atoms with Crippen LogP contribution in [-0.4, -0.2) is 32.7 Å². The Kier molecular flexibility index (Phi) is 4.31. The second-order valence-electron chi connectivity index (χ2n) is 4.72. The van der Waals surface area contributed by atoms with Gasteiger partial charge < -0.3 is 0 Å². The van der Waals surface area contributed by atoms with Crippen LogP contribution >= 0.6 is 10.6 Å². The average molecular weight is 317 g/mol. The minimum absolute atomic E-state index is 0.526. The molecule has 0 aliphatic rings. The summed E-state index contributed by atoms with van der Waals surface area (Å²) in [5.74, 6) is -0.526. The summed E-state index contributed by atoms with van der Waals surface area (Å²) in [5, 5.41) is 3.76. The van der Waals surface area contributed by atoms with E-state index in [1.807, 2.05) is 19.9 Å². The summed E-state index contributed by atoms with van der Waals surface area (Å²) in [7, 11) is -0.966. The van der Waals surface area contributed by atoms with E-state index in [0.717, 1.165) is 11.1 Å². The van der Waals surface area contributed by atoms with Crippen molar-refractivity contribution in [1.29, 1.82) is 0 Å². The Morgan fingerprint density at radius 3 is 2.48 bits per heavy atom. The van der Waals surface area contributed by atoms with Gasteiger partial charge in [-0.25, -0.2) is 18.4 Å². The Labute approximate surface area is 123 Å². The fraction of sp³-hybridized carbons (Fsp3) is 0.385. The lowest BCUT2D eigenvalue weighted by atomic mass is 10.1. The van der Waals surface area contributed by atoms with E-state index < -0.39 is 22.8 Å². The quantitative estimate of drug-likeness (QED) is 0.935. The van der Waals surface area contributed by atoms with E-state index in [9.17, 15) is 13.3 Å². The van der Waals surface area contributed by atoms with Crippen LogP contribution in [0.3, 0.4) is 0 Å². The highest BCUT2D eigenvalue weighted by atomic mass is 32.3. The van der Waals surface area contributed by atoms with Crippen LogP contribution in [0.4, 0.5) is 8.78 Å². The van der Waals surface area contributed by atoms with Gasteiger partial charge in [0, 0.05) is 6.26 Å². The number of rotatable bonds is 4. The number of hydrogen-bond donors (Lipinski definition) is 1. The zero-order chi connectivity index (χ0) is 15.8. The second kappa shape index (κ2) is 5.70. The van der Waals surface area contributed by atoms with Crippen LogP contribution in [0.15, 0.2) is 23.4 Å². The number of alkyl halides is 2. The van der Waals surface area contributed by atoms with Crippen molar-refractivity contribution in [1.82, 2.24) is 14.8 Å². The molecule has 2 aromatic rings. The molecule has 1 N–H and O–H groups in total. The molecule has 21 heavy (non-hydrogen) atoms. The molecular formula is C13H17F2N3O2S. The molecule has 0 bridgehead atoms. The minimum atomic E-state index is -2.72. The Hall–Kier alpha value is -1.51. The third-order valence-electron chi connectivity index (χ3n) is 3.18. The topological polar surface area (TPSA) is 60.2 Å². The van der Waals surface area contributed by atoms with E-state index in [4.69, 9.17) is 4.18 Å². The molecular weight excluding hydrogens is 300 g/mol. The largest absolute Gasteiger partial charge is 0.299 e. The third kappa shape index (κ3) is 3.07. The summed E-state index contributed by atoms with van der Waals surface area (Å²) in [6, 6.07) is 3.56. The van der Waals surface area contributed by atoms with Crippen LogP contribution in [0, 0.1) is 13.8 Å². The second-order valence-corrected chi connectivity index (χ2v) is 7.10. The van der Waals surface area contributed by atoms with Crippen molar-refractivity contribution in [3.8, 4) is 5.69 Å². The van der Waals surface area contributed by atoms with E-state index >= 15 is 0 Å². The van der Waals surface area contributed by atoms with Gasteiger partial charge in [0.1, 0.15) is 6.33 Å². The lowest BCUT2D eigenvalue weighted by Gasteiger charge is -2.34. The number of halogens is 2. The van der Waals surface area contributed by atoms with Crippen molar-refractivity contribution in [3.05, 3.63) is 35.4 Å². The lowest BCUT2D eigenvalue weighted by molar-refractivity contribution is 0.140. The smallest absolute Gasteiger partial charge is 0.295 e. The molecule has 0 saturated heterocycles. The standard InChI is InChI=1S/C13H17F2N3O2S/c1-8-5-9(2)11(21(4,19)20-3)6-10(8)18-7-16-13(17-18)12(14)15/h5-7,12,19H,1-4H3. The number of benzene rings is 1. The molecule has 2 rings (SSSR count). The van der Waals surface area contributed by atoms with Crippen molar-refractivity contribution in [2.75, 3.05) is 13.4 Å². The molecule has 1 unspecified atom stereocenters. The SMILES string of the molecule is COS(C)(O)c1cc(-n2cnc(C(F)F)n2)c(C)cc1C. The molecule has 0 amide bonds. The zero-order valence-corrected chi connectivity index (χ0v) is 13.0. The van der Waals surface area contributed by atoms with Crippen molar-refractivity contribution >= 4 is 10.6 Å². The average Bonchev–Trinajstić information content (AvgIpc) is 2.88. The Bertz CT molecular complexity index is 659. The van der Waals surface area contributed by atoms with Gasteiger partial charge in [0.2, 0.25) is 5.82 Å². The van der Waals surface area contributed by atoms with Gasteiger partial charge in [-0.05, 0) is 31.0 Å². The molecule has 0 aliphatic heterocycles. The van der Waals surface area contributed by atoms with E-state index in [1.165, 1.54) is 18.1 Å². The molecule has 5 nitrogen and oxygen atoms in total. The molecule has 0 aliphatic carbocycles. The van der Waals surface area contributed by atoms with Gasteiger partial charge >= 0.3 is 0 Å². The van der Waals surface area contributed by atoms with Crippen LogP contribution in [-0.2, 0) is 4.18 Å². The van der Waals surface area contributed by atoms with Gasteiger partial charge in [-0.3, -0.25) is 8.74 Å². The summed E-state index contributed by atoms with van der Waals surface area (Å²) >= 11 is 0. The van der Waals surface area contributed by atoms with Crippen LogP contribution < -0.4 is 0 Å². The predicted octanol–water partition coefficient (Wildman–Crippen LogP) is 3.65. The van der Waals surface area contributed by atoms with E-state index in [1.54, 1.807) is 12.3 Å². The fourth-order valence-electron chi connectivity index (χ4n) is 2.06. The van der Waals surface area contributed by atoms with E-state index in [2.05, 4.69) is 10.1 Å². The third-order valence-corrected chi connectivity index (χ3v) is 5.08. The highest BCUT2D eigenvalue weighted by Gasteiger charge is 2.19. The van der Waals surface area contributed by atoms with Crippen molar-refractivity contribution in [2.24, 2.45) is 0 Å². The Balaban J connectivity index is 2.55. The number of nitrogens with zero attached hydrogens (tertiary/aromatic N) is 3. The van der Waals surface area contributed by atoms with Gasteiger partial charge in [0.25, 0.3) is 6.43 Å². The zero-order valence-electron chi connectivity index (χ0n) is 12.2. The van der Waals surface area contributed by atoms with Crippen LogP contribution in [0.5, 0.6) is 0 Å². The lowest BCUT2D eigenvalue weighted by Crippen LogP contribution is -2.06. The summed E-state index contributed by atoms with van der Waals surface area (Å²) in [6.07, 6.45) is 0.115. The first kappa shape index (κ1) is 15.9. The molecule has 8 heteroatoms. The summed E-state index contributed by atoms with van der Waals surface area (Å²) in [6.45, 7) is 3.70. The highest BCUT2D eigenvalue weighted by molar-refractivity contribution is 8.24.